The molecule has 0 aliphatic heterocycles. The molecule has 1 N–H and O–H groups in total. The molecule has 3 nitrogen and oxygen atoms in total. The molecule has 1 rings (SSSR count). The van der Waals surface area contributed by atoms with Crippen LogP contribution in [0.25, 0.3) is 0 Å². The zero-order valence-electron chi connectivity index (χ0n) is 9.41. The minimum atomic E-state index is -0.00977. The van der Waals surface area contributed by atoms with E-state index in [4.69, 9.17) is 0 Å². The number of hydrogen-bond acceptors (Lipinski definition) is 1. The van der Waals surface area contributed by atoms with E-state index in [1.54, 1.807) is 18.0 Å². The summed E-state index contributed by atoms with van der Waals surface area (Å²) < 4.78 is 0. The fourth-order valence-corrected chi connectivity index (χ4v) is 1.68. The molecule has 1 atom stereocenters. The molecule has 0 bridgehead atoms. The average Bonchev–Trinajstić information content (AvgIpc) is 2.27. The molecule has 0 aromatic rings. The van der Waals surface area contributed by atoms with E-state index in [0.29, 0.717) is 12.5 Å². The molecule has 0 saturated heterocycles. The van der Waals surface area contributed by atoms with Gasteiger partial charge in [0.1, 0.15) is 0 Å². The minimum Gasteiger partial charge on any atom is -0.338 e. The first-order chi connectivity index (χ1) is 7.24. The van der Waals surface area contributed by atoms with E-state index >= 15 is 0 Å². The van der Waals surface area contributed by atoms with Gasteiger partial charge in [-0.05, 0) is 25.2 Å². The molecule has 0 heterocycles. The SMILES string of the molecule is C=CCN(C)C(=O)NCC1CC=CCC1. The Morgan fingerprint density at radius 3 is 3.07 bits per heavy atom. The molecule has 0 aromatic carbocycles. The van der Waals surface area contributed by atoms with Crippen molar-refractivity contribution >= 4 is 6.03 Å². The molecular formula is C12H20N2O. The van der Waals surface area contributed by atoms with Crippen LogP contribution in [0, 0.1) is 5.92 Å². The molecule has 3 heteroatoms. The Hall–Kier alpha value is -1.25. The van der Waals surface area contributed by atoms with Gasteiger partial charge >= 0.3 is 6.03 Å². The first-order valence-electron chi connectivity index (χ1n) is 5.49. The second-order valence-corrected chi connectivity index (χ2v) is 4.01. The number of carbonyl (C=O) groups is 1. The summed E-state index contributed by atoms with van der Waals surface area (Å²) in [6.07, 6.45) is 9.55. The number of nitrogens with zero attached hydrogens (tertiary/aromatic N) is 1. The highest BCUT2D eigenvalue weighted by Crippen LogP contribution is 2.16. The number of nitrogens with one attached hydrogen (secondary N) is 1. The van der Waals surface area contributed by atoms with Crippen LogP contribution in [-0.4, -0.2) is 31.1 Å². The topological polar surface area (TPSA) is 32.3 Å². The Labute approximate surface area is 91.8 Å². The van der Waals surface area contributed by atoms with Crippen LogP contribution < -0.4 is 5.32 Å². The van der Waals surface area contributed by atoms with E-state index < -0.39 is 0 Å². The predicted molar refractivity (Wildman–Crippen MR) is 62.7 cm³/mol. The van der Waals surface area contributed by atoms with Gasteiger partial charge in [0.05, 0.1) is 0 Å². The maximum atomic E-state index is 11.5. The van der Waals surface area contributed by atoms with Crippen molar-refractivity contribution in [2.75, 3.05) is 20.1 Å². The van der Waals surface area contributed by atoms with Gasteiger partial charge < -0.3 is 10.2 Å². The maximum absolute atomic E-state index is 11.5. The lowest BCUT2D eigenvalue weighted by Gasteiger charge is -2.21. The van der Waals surface area contributed by atoms with Crippen LogP contribution in [0.15, 0.2) is 24.8 Å². The molecule has 1 aliphatic carbocycles. The summed E-state index contributed by atoms with van der Waals surface area (Å²) >= 11 is 0. The van der Waals surface area contributed by atoms with Crippen LogP contribution in [0.1, 0.15) is 19.3 Å². The summed E-state index contributed by atoms with van der Waals surface area (Å²) in [5.74, 6) is 0.607. The summed E-state index contributed by atoms with van der Waals surface area (Å²) in [5.41, 5.74) is 0. The lowest BCUT2D eigenvalue weighted by molar-refractivity contribution is 0.210. The second-order valence-electron chi connectivity index (χ2n) is 4.01. The third-order valence-electron chi connectivity index (χ3n) is 2.67. The van der Waals surface area contributed by atoms with Crippen LogP contribution in [0.5, 0.6) is 0 Å². The Bertz CT molecular complexity index is 248. The normalized spacial score (nSPS) is 19.7. The number of carbonyl (C=O) groups excluding carboxylic acids is 1. The third kappa shape index (κ3) is 4.19. The highest BCUT2D eigenvalue weighted by Gasteiger charge is 2.12. The Morgan fingerprint density at radius 1 is 1.67 bits per heavy atom. The van der Waals surface area contributed by atoms with Crippen LogP contribution in [0.2, 0.25) is 0 Å². The third-order valence-corrected chi connectivity index (χ3v) is 2.67. The minimum absolute atomic E-state index is 0.00977. The summed E-state index contributed by atoms with van der Waals surface area (Å²) in [7, 11) is 1.78. The molecule has 84 valence electrons. The van der Waals surface area contributed by atoms with E-state index in [9.17, 15) is 4.79 Å². The average molecular weight is 208 g/mol. The van der Waals surface area contributed by atoms with Crippen molar-refractivity contribution in [1.29, 1.82) is 0 Å². The standard InChI is InChI=1S/C12H20N2O/c1-3-9-14(2)12(15)13-10-11-7-5-4-6-8-11/h3-5,11H,1,6-10H2,2H3,(H,13,15). The van der Waals surface area contributed by atoms with Gasteiger partial charge in [-0.1, -0.05) is 18.2 Å². The molecule has 0 aromatic heterocycles. The molecule has 15 heavy (non-hydrogen) atoms. The molecule has 0 fully saturated rings. The van der Waals surface area contributed by atoms with Crippen LogP contribution >= 0.6 is 0 Å². The first-order valence-corrected chi connectivity index (χ1v) is 5.49. The quantitative estimate of drug-likeness (QED) is 0.706. The summed E-state index contributed by atoms with van der Waals surface area (Å²) in [6, 6.07) is -0.00977. The van der Waals surface area contributed by atoms with Crippen molar-refractivity contribution in [2.45, 2.75) is 19.3 Å². The van der Waals surface area contributed by atoms with Crippen molar-refractivity contribution in [2.24, 2.45) is 5.92 Å². The van der Waals surface area contributed by atoms with Gasteiger partial charge in [0.25, 0.3) is 0 Å². The fourth-order valence-electron chi connectivity index (χ4n) is 1.68. The molecule has 1 unspecified atom stereocenters. The molecule has 0 saturated carbocycles. The van der Waals surface area contributed by atoms with Crippen molar-refractivity contribution in [3.05, 3.63) is 24.8 Å². The Balaban J connectivity index is 2.21. The van der Waals surface area contributed by atoms with Crippen molar-refractivity contribution in [3.63, 3.8) is 0 Å². The smallest absolute Gasteiger partial charge is 0.317 e. The van der Waals surface area contributed by atoms with Crippen molar-refractivity contribution < 1.29 is 4.79 Å². The molecule has 0 radical (unpaired) electrons. The number of likely N-dealkylation sites (N-methyl/N-ethyl adjacent to an activating group) is 1. The molecular weight excluding hydrogens is 188 g/mol. The summed E-state index contributed by atoms with van der Waals surface area (Å²) in [6.45, 7) is 4.98. The molecule has 1 aliphatic rings. The summed E-state index contributed by atoms with van der Waals surface area (Å²) in [5, 5.41) is 2.94. The lowest BCUT2D eigenvalue weighted by atomic mass is 9.94. The van der Waals surface area contributed by atoms with Crippen LogP contribution in [0.4, 0.5) is 4.79 Å². The first kappa shape index (κ1) is 11.8. The lowest BCUT2D eigenvalue weighted by Crippen LogP contribution is -2.39. The number of hydrogen-bond donors (Lipinski definition) is 1. The van der Waals surface area contributed by atoms with Gasteiger partial charge in [-0.25, -0.2) is 4.79 Å². The van der Waals surface area contributed by atoms with Gasteiger partial charge in [0.2, 0.25) is 0 Å². The molecule has 2 amide bonds. The monoisotopic (exact) mass is 208 g/mol. The Kier molecular flexibility index (Phi) is 4.95. The maximum Gasteiger partial charge on any atom is 0.317 e. The highest BCUT2D eigenvalue weighted by atomic mass is 16.2. The molecule has 0 spiro atoms. The van der Waals surface area contributed by atoms with Crippen LogP contribution in [-0.2, 0) is 0 Å². The zero-order valence-corrected chi connectivity index (χ0v) is 9.41. The number of amides is 2. The van der Waals surface area contributed by atoms with Gasteiger partial charge in [0.15, 0.2) is 0 Å². The largest absolute Gasteiger partial charge is 0.338 e. The van der Waals surface area contributed by atoms with Gasteiger partial charge in [-0.3, -0.25) is 0 Å². The zero-order chi connectivity index (χ0) is 11.1. The van der Waals surface area contributed by atoms with Crippen molar-refractivity contribution in [1.82, 2.24) is 10.2 Å². The second kappa shape index (κ2) is 6.27. The number of allylic oxidation sites excluding steroid dienone is 2. The van der Waals surface area contributed by atoms with Gasteiger partial charge in [-0.2, -0.15) is 0 Å². The van der Waals surface area contributed by atoms with E-state index in [1.807, 2.05) is 0 Å². The number of urea groups is 1. The van der Waals surface area contributed by atoms with E-state index in [1.165, 1.54) is 6.42 Å². The van der Waals surface area contributed by atoms with E-state index in [2.05, 4.69) is 24.0 Å². The predicted octanol–water partition coefficient (Wildman–Crippen LogP) is 2.17. The van der Waals surface area contributed by atoms with Crippen molar-refractivity contribution in [3.8, 4) is 0 Å². The fraction of sp³-hybridized carbons (Fsp3) is 0.583. The van der Waals surface area contributed by atoms with E-state index in [0.717, 1.165) is 19.4 Å². The van der Waals surface area contributed by atoms with Gasteiger partial charge in [-0.15, -0.1) is 6.58 Å². The van der Waals surface area contributed by atoms with Crippen LogP contribution in [0.3, 0.4) is 0 Å². The number of rotatable bonds is 4. The summed E-state index contributed by atoms with van der Waals surface area (Å²) in [4.78, 5) is 13.2. The van der Waals surface area contributed by atoms with Gasteiger partial charge in [0, 0.05) is 20.1 Å². The highest BCUT2D eigenvalue weighted by molar-refractivity contribution is 5.73. The van der Waals surface area contributed by atoms with E-state index in [-0.39, 0.29) is 6.03 Å². The Morgan fingerprint density at radius 2 is 2.47 bits per heavy atom.